The van der Waals surface area contributed by atoms with Gasteiger partial charge in [-0.25, -0.2) is 4.79 Å². The molecule has 0 radical (unpaired) electrons. The summed E-state index contributed by atoms with van der Waals surface area (Å²) in [7, 11) is 1.49. The van der Waals surface area contributed by atoms with Gasteiger partial charge in [0.2, 0.25) is 12.7 Å². The molecular formula is C19H19NO6. The van der Waals surface area contributed by atoms with Gasteiger partial charge in [-0.2, -0.15) is 0 Å². The van der Waals surface area contributed by atoms with E-state index in [0.717, 1.165) is 11.1 Å². The van der Waals surface area contributed by atoms with Crippen molar-refractivity contribution in [3.8, 4) is 17.2 Å². The number of carboxylic acids is 1. The first-order valence-corrected chi connectivity index (χ1v) is 8.12. The first kappa shape index (κ1) is 17.6. The van der Waals surface area contributed by atoms with Crippen LogP contribution in [-0.4, -0.2) is 37.4 Å². The summed E-state index contributed by atoms with van der Waals surface area (Å²) >= 11 is 0. The van der Waals surface area contributed by atoms with E-state index in [9.17, 15) is 9.59 Å². The van der Waals surface area contributed by atoms with E-state index < -0.39 is 5.97 Å². The quantitative estimate of drug-likeness (QED) is 0.787. The van der Waals surface area contributed by atoms with Crippen LogP contribution >= 0.6 is 0 Å². The maximum Gasteiger partial charge on any atom is 0.335 e. The number of carboxylic acid groups (broad SMARTS) is 1. The van der Waals surface area contributed by atoms with Gasteiger partial charge < -0.3 is 24.6 Å². The summed E-state index contributed by atoms with van der Waals surface area (Å²) in [6.07, 6.45) is 0.779. The van der Waals surface area contributed by atoms with Crippen LogP contribution in [0.3, 0.4) is 0 Å². The molecule has 26 heavy (non-hydrogen) atoms. The Morgan fingerprint density at radius 2 is 1.96 bits per heavy atom. The molecule has 1 aliphatic rings. The van der Waals surface area contributed by atoms with Gasteiger partial charge in [0.05, 0.1) is 19.1 Å². The van der Waals surface area contributed by atoms with E-state index in [4.69, 9.17) is 19.3 Å². The molecule has 0 aromatic heterocycles. The van der Waals surface area contributed by atoms with Crippen LogP contribution in [0.4, 0.5) is 0 Å². The predicted octanol–water partition coefficient (Wildman–Crippen LogP) is 2.02. The van der Waals surface area contributed by atoms with Gasteiger partial charge >= 0.3 is 5.97 Å². The van der Waals surface area contributed by atoms with Gasteiger partial charge in [0.25, 0.3) is 0 Å². The summed E-state index contributed by atoms with van der Waals surface area (Å²) in [6, 6.07) is 10.1. The number of carbonyl (C=O) groups excluding carboxylic acids is 1. The molecule has 1 aliphatic heterocycles. The van der Waals surface area contributed by atoms with Crippen molar-refractivity contribution in [2.45, 2.75) is 12.8 Å². The fourth-order valence-electron chi connectivity index (χ4n) is 2.72. The molecule has 0 spiro atoms. The van der Waals surface area contributed by atoms with Gasteiger partial charge in [-0.3, -0.25) is 4.79 Å². The molecule has 1 heterocycles. The smallest absolute Gasteiger partial charge is 0.335 e. The molecule has 2 aromatic carbocycles. The van der Waals surface area contributed by atoms with Crippen molar-refractivity contribution in [2.75, 3.05) is 20.4 Å². The Morgan fingerprint density at radius 1 is 1.15 bits per heavy atom. The molecule has 2 N–H and O–H groups in total. The van der Waals surface area contributed by atoms with Gasteiger partial charge in [-0.05, 0) is 41.8 Å². The highest BCUT2D eigenvalue weighted by molar-refractivity contribution is 5.88. The first-order chi connectivity index (χ1) is 12.6. The first-order valence-electron chi connectivity index (χ1n) is 8.12. The van der Waals surface area contributed by atoms with Crippen LogP contribution in [0.15, 0.2) is 36.4 Å². The third-order valence-corrected chi connectivity index (χ3v) is 4.05. The van der Waals surface area contributed by atoms with Crippen molar-refractivity contribution in [1.82, 2.24) is 5.32 Å². The van der Waals surface area contributed by atoms with Gasteiger partial charge in [0.1, 0.15) is 5.75 Å². The van der Waals surface area contributed by atoms with Crippen molar-refractivity contribution in [3.05, 3.63) is 53.1 Å². The molecule has 1 amide bonds. The number of rotatable bonds is 7. The van der Waals surface area contributed by atoms with Crippen LogP contribution in [0.25, 0.3) is 0 Å². The van der Waals surface area contributed by atoms with Crippen LogP contribution in [0.1, 0.15) is 21.5 Å². The number of methoxy groups -OCH3 is 1. The second-order valence-electron chi connectivity index (χ2n) is 5.80. The predicted molar refractivity (Wildman–Crippen MR) is 92.9 cm³/mol. The number of benzene rings is 2. The Kier molecular flexibility index (Phi) is 5.26. The lowest BCUT2D eigenvalue weighted by molar-refractivity contribution is -0.120. The van der Waals surface area contributed by atoms with Crippen molar-refractivity contribution in [1.29, 1.82) is 0 Å². The molecule has 0 bridgehead atoms. The van der Waals surface area contributed by atoms with E-state index in [2.05, 4.69) is 5.32 Å². The molecule has 0 saturated heterocycles. The largest absolute Gasteiger partial charge is 0.496 e. The average Bonchev–Trinajstić information content (AvgIpc) is 3.09. The minimum Gasteiger partial charge on any atom is -0.496 e. The molecular weight excluding hydrogens is 338 g/mol. The molecule has 0 fully saturated rings. The minimum absolute atomic E-state index is 0.106. The summed E-state index contributed by atoms with van der Waals surface area (Å²) in [5, 5.41) is 11.9. The molecule has 0 saturated carbocycles. The summed E-state index contributed by atoms with van der Waals surface area (Å²) < 4.78 is 15.8. The number of fused-ring (bicyclic) bond motifs is 1. The standard InChI is InChI=1S/C19H19NO6/c1-24-16-10-14(19(22)23)4-3-13(16)6-7-20-18(21)9-12-2-5-15-17(8-12)26-11-25-15/h2-5,8,10H,6-7,9,11H2,1H3,(H,20,21)(H,22,23). The van der Waals surface area contributed by atoms with Crippen LogP contribution in [-0.2, 0) is 17.6 Å². The number of aromatic carboxylic acids is 1. The number of ether oxygens (including phenoxy) is 3. The Balaban J connectivity index is 1.53. The van der Waals surface area contributed by atoms with Crippen LogP contribution < -0.4 is 19.5 Å². The second-order valence-corrected chi connectivity index (χ2v) is 5.80. The highest BCUT2D eigenvalue weighted by Crippen LogP contribution is 2.32. The molecule has 0 atom stereocenters. The Labute approximate surface area is 150 Å². The number of nitrogens with one attached hydrogen (secondary N) is 1. The lowest BCUT2D eigenvalue weighted by atomic mass is 10.1. The molecule has 2 aromatic rings. The highest BCUT2D eigenvalue weighted by Gasteiger charge is 2.14. The number of hydrogen-bond acceptors (Lipinski definition) is 5. The van der Waals surface area contributed by atoms with Crippen LogP contribution in [0, 0.1) is 0 Å². The van der Waals surface area contributed by atoms with Crippen LogP contribution in [0.2, 0.25) is 0 Å². The van der Waals surface area contributed by atoms with Crippen LogP contribution in [0.5, 0.6) is 17.2 Å². The third-order valence-electron chi connectivity index (χ3n) is 4.05. The molecule has 7 heteroatoms. The number of carbonyl (C=O) groups is 2. The van der Waals surface area contributed by atoms with Gasteiger partial charge in [-0.1, -0.05) is 12.1 Å². The third kappa shape index (κ3) is 4.05. The summed E-state index contributed by atoms with van der Waals surface area (Å²) in [4.78, 5) is 23.1. The monoisotopic (exact) mass is 357 g/mol. The summed E-state index contributed by atoms with van der Waals surface area (Å²) in [5.74, 6) is 0.719. The fraction of sp³-hybridized carbons (Fsp3) is 0.263. The molecule has 0 unspecified atom stereocenters. The average molecular weight is 357 g/mol. The van der Waals surface area contributed by atoms with E-state index in [1.807, 2.05) is 6.07 Å². The van der Waals surface area contributed by atoms with Gasteiger partial charge in [-0.15, -0.1) is 0 Å². The SMILES string of the molecule is COc1cc(C(=O)O)ccc1CCNC(=O)Cc1ccc2c(c1)OCO2. The normalized spacial score (nSPS) is 11.9. The van der Waals surface area contributed by atoms with E-state index in [-0.39, 0.29) is 24.7 Å². The van der Waals surface area contributed by atoms with Gasteiger partial charge in [0, 0.05) is 6.54 Å². The summed E-state index contributed by atoms with van der Waals surface area (Å²) in [5.41, 5.74) is 1.84. The molecule has 3 rings (SSSR count). The topological polar surface area (TPSA) is 94.1 Å². The fourth-order valence-corrected chi connectivity index (χ4v) is 2.72. The Bertz CT molecular complexity index is 833. The number of hydrogen-bond donors (Lipinski definition) is 2. The van der Waals surface area contributed by atoms with E-state index >= 15 is 0 Å². The van der Waals surface area contributed by atoms with Crippen molar-refractivity contribution in [3.63, 3.8) is 0 Å². The molecule has 7 nitrogen and oxygen atoms in total. The lowest BCUT2D eigenvalue weighted by Crippen LogP contribution is -2.27. The van der Waals surface area contributed by atoms with Crippen molar-refractivity contribution in [2.24, 2.45) is 0 Å². The lowest BCUT2D eigenvalue weighted by Gasteiger charge is -2.10. The maximum absolute atomic E-state index is 12.1. The molecule has 0 aliphatic carbocycles. The zero-order chi connectivity index (χ0) is 18.5. The van der Waals surface area contributed by atoms with Gasteiger partial charge in [0.15, 0.2) is 11.5 Å². The zero-order valence-corrected chi connectivity index (χ0v) is 14.3. The Hall–Kier alpha value is -3.22. The highest BCUT2D eigenvalue weighted by atomic mass is 16.7. The van der Waals surface area contributed by atoms with E-state index in [0.29, 0.717) is 30.2 Å². The maximum atomic E-state index is 12.1. The zero-order valence-electron chi connectivity index (χ0n) is 14.3. The van der Waals surface area contributed by atoms with E-state index in [1.165, 1.54) is 19.2 Å². The summed E-state index contributed by atoms with van der Waals surface area (Å²) in [6.45, 7) is 0.625. The van der Waals surface area contributed by atoms with Crippen molar-refractivity contribution < 1.29 is 28.9 Å². The molecule has 136 valence electrons. The van der Waals surface area contributed by atoms with Crippen molar-refractivity contribution >= 4 is 11.9 Å². The Morgan fingerprint density at radius 3 is 2.73 bits per heavy atom. The second kappa shape index (κ2) is 7.77. The minimum atomic E-state index is -1.01. The number of amides is 1. The van der Waals surface area contributed by atoms with E-state index in [1.54, 1.807) is 18.2 Å².